The van der Waals surface area contributed by atoms with Gasteiger partial charge in [-0.15, -0.1) is 0 Å². The van der Waals surface area contributed by atoms with Crippen LogP contribution in [0.1, 0.15) is 13.8 Å². The van der Waals surface area contributed by atoms with Gasteiger partial charge in [-0.3, -0.25) is 4.79 Å². The van der Waals surface area contributed by atoms with Crippen LogP contribution in [0.25, 0.3) is 0 Å². The molecule has 0 rings (SSSR count). The third-order valence-electron chi connectivity index (χ3n) is 2.03. The highest BCUT2D eigenvalue weighted by atomic mass is 32.1. The molecule has 0 aromatic carbocycles. The zero-order chi connectivity index (χ0) is 13.1. The van der Waals surface area contributed by atoms with Crippen molar-refractivity contribution in [1.82, 2.24) is 4.90 Å². The molecule has 7 heteroatoms. The summed E-state index contributed by atoms with van der Waals surface area (Å²) in [6.45, 7) is 2.07. The molecule has 0 aromatic heterocycles. The van der Waals surface area contributed by atoms with Crippen LogP contribution in [0.3, 0.4) is 0 Å². The normalized spacial score (nSPS) is 13.7. The summed E-state index contributed by atoms with van der Waals surface area (Å²) in [5.74, 6) is -1.76. The molecule has 0 saturated carbocycles. The minimum absolute atomic E-state index is 0.0750. The maximum atomic E-state index is 12.1. The van der Waals surface area contributed by atoms with E-state index in [2.05, 4.69) is 12.2 Å². The van der Waals surface area contributed by atoms with E-state index in [9.17, 15) is 18.0 Å². The number of halogens is 3. The minimum Gasteiger partial charge on any atom is -0.393 e. The molecule has 0 aliphatic heterocycles. The van der Waals surface area contributed by atoms with Crippen LogP contribution in [-0.4, -0.2) is 35.6 Å². The van der Waals surface area contributed by atoms with Gasteiger partial charge in [-0.25, -0.2) is 0 Å². The van der Waals surface area contributed by atoms with Crippen LogP contribution < -0.4 is 5.73 Å². The molecule has 0 aromatic rings. The van der Waals surface area contributed by atoms with E-state index in [0.29, 0.717) is 4.90 Å². The minimum atomic E-state index is -4.41. The number of carbonyl (C=O) groups is 1. The summed E-state index contributed by atoms with van der Waals surface area (Å²) in [4.78, 5) is 12.2. The molecule has 0 spiro atoms. The van der Waals surface area contributed by atoms with Crippen LogP contribution in [0.2, 0.25) is 0 Å². The summed E-state index contributed by atoms with van der Waals surface area (Å²) in [6.07, 6.45) is -4.41. The number of hydrogen-bond acceptors (Lipinski definition) is 2. The maximum Gasteiger partial charge on any atom is 0.406 e. The van der Waals surface area contributed by atoms with Gasteiger partial charge in [-0.1, -0.05) is 26.1 Å². The zero-order valence-electron chi connectivity index (χ0n) is 9.34. The van der Waals surface area contributed by atoms with Gasteiger partial charge >= 0.3 is 6.18 Å². The third-order valence-corrected chi connectivity index (χ3v) is 2.29. The van der Waals surface area contributed by atoms with E-state index in [1.165, 1.54) is 0 Å². The summed E-state index contributed by atoms with van der Waals surface area (Å²) in [6, 6.07) is 0. The summed E-state index contributed by atoms with van der Waals surface area (Å²) < 4.78 is 36.2. The smallest absolute Gasteiger partial charge is 0.393 e. The van der Waals surface area contributed by atoms with Crippen molar-refractivity contribution >= 4 is 23.1 Å². The van der Waals surface area contributed by atoms with Crippen LogP contribution in [0.15, 0.2) is 0 Å². The molecule has 0 heterocycles. The second-order valence-electron chi connectivity index (χ2n) is 3.93. The first-order valence-corrected chi connectivity index (χ1v) is 5.08. The molecule has 0 saturated heterocycles. The van der Waals surface area contributed by atoms with E-state index in [-0.39, 0.29) is 10.9 Å². The van der Waals surface area contributed by atoms with Crippen molar-refractivity contribution in [3.05, 3.63) is 0 Å². The molecule has 0 aliphatic carbocycles. The van der Waals surface area contributed by atoms with Gasteiger partial charge in [0.1, 0.15) is 6.54 Å². The van der Waals surface area contributed by atoms with Gasteiger partial charge in [0.25, 0.3) is 0 Å². The average molecular weight is 256 g/mol. The molecule has 16 heavy (non-hydrogen) atoms. The first-order chi connectivity index (χ1) is 7.06. The second-order valence-corrected chi connectivity index (χ2v) is 4.40. The molecular weight excluding hydrogens is 241 g/mol. The molecule has 0 bridgehead atoms. The SMILES string of the molecule is CC(C)C(C(=O)N(C)CC(F)(F)F)C(N)=S. The summed E-state index contributed by atoms with van der Waals surface area (Å²) in [5, 5.41) is 0. The van der Waals surface area contributed by atoms with Crippen LogP contribution in [0.4, 0.5) is 13.2 Å². The first-order valence-electron chi connectivity index (χ1n) is 4.67. The van der Waals surface area contributed by atoms with Crippen molar-refractivity contribution in [2.75, 3.05) is 13.6 Å². The lowest BCUT2D eigenvalue weighted by atomic mass is 9.94. The average Bonchev–Trinajstić information content (AvgIpc) is 1.98. The third kappa shape index (κ3) is 4.78. The van der Waals surface area contributed by atoms with E-state index in [0.717, 1.165) is 7.05 Å². The van der Waals surface area contributed by atoms with Crippen LogP contribution in [0, 0.1) is 11.8 Å². The predicted molar refractivity (Wildman–Crippen MR) is 58.8 cm³/mol. The Hall–Kier alpha value is -0.850. The highest BCUT2D eigenvalue weighted by Crippen LogP contribution is 2.19. The topological polar surface area (TPSA) is 46.3 Å². The molecule has 3 nitrogen and oxygen atoms in total. The molecule has 1 atom stereocenters. The summed E-state index contributed by atoms with van der Waals surface area (Å²) in [7, 11) is 1.09. The highest BCUT2D eigenvalue weighted by molar-refractivity contribution is 7.80. The van der Waals surface area contributed by atoms with Gasteiger partial charge in [0.05, 0.1) is 10.9 Å². The quantitative estimate of drug-likeness (QED) is 0.777. The van der Waals surface area contributed by atoms with E-state index < -0.39 is 24.5 Å². The lowest BCUT2D eigenvalue weighted by molar-refractivity contribution is -0.160. The van der Waals surface area contributed by atoms with Gasteiger partial charge in [-0.05, 0) is 5.92 Å². The van der Waals surface area contributed by atoms with Crippen molar-refractivity contribution < 1.29 is 18.0 Å². The molecule has 1 unspecified atom stereocenters. The number of amides is 1. The van der Waals surface area contributed by atoms with Crippen LogP contribution in [0.5, 0.6) is 0 Å². The number of carbonyl (C=O) groups excluding carboxylic acids is 1. The first kappa shape index (κ1) is 15.2. The fraction of sp³-hybridized carbons (Fsp3) is 0.778. The fourth-order valence-corrected chi connectivity index (χ4v) is 1.69. The van der Waals surface area contributed by atoms with E-state index in [1.807, 2.05) is 0 Å². The van der Waals surface area contributed by atoms with Gasteiger partial charge < -0.3 is 10.6 Å². The molecule has 94 valence electrons. The number of nitrogens with zero attached hydrogens (tertiary/aromatic N) is 1. The Balaban J connectivity index is 4.69. The predicted octanol–water partition coefficient (Wildman–Crippen LogP) is 1.57. The van der Waals surface area contributed by atoms with E-state index in [4.69, 9.17) is 5.73 Å². The Morgan fingerprint density at radius 1 is 1.44 bits per heavy atom. The summed E-state index contributed by atoms with van der Waals surface area (Å²) >= 11 is 4.68. The summed E-state index contributed by atoms with van der Waals surface area (Å²) in [5.41, 5.74) is 5.34. The number of nitrogens with two attached hydrogens (primary N) is 1. The standard InChI is InChI=1S/C9H15F3N2OS/c1-5(2)6(7(13)16)8(15)14(3)4-9(10,11)12/h5-6H,4H2,1-3H3,(H2,13,16). The number of hydrogen-bond donors (Lipinski definition) is 1. The number of alkyl halides is 3. The lowest BCUT2D eigenvalue weighted by Crippen LogP contribution is -2.45. The van der Waals surface area contributed by atoms with Crippen molar-refractivity contribution in [3.8, 4) is 0 Å². The maximum absolute atomic E-state index is 12.1. The second kappa shape index (κ2) is 5.47. The molecule has 2 N–H and O–H groups in total. The lowest BCUT2D eigenvalue weighted by Gasteiger charge is -2.26. The van der Waals surface area contributed by atoms with Crippen LogP contribution >= 0.6 is 12.2 Å². The molecule has 1 amide bonds. The Morgan fingerprint density at radius 3 is 2.12 bits per heavy atom. The van der Waals surface area contributed by atoms with Crippen molar-refractivity contribution in [2.45, 2.75) is 20.0 Å². The molecule has 0 radical (unpaired) electrons. The Labute approximate surface area is 97.8 Å². The molecule has 0 aliphatic rings. The zero-order valence-corrected chi connectivity index (χ0v) is 10.2. The van der Waals surface area contributed by atoms with Gasteiger partial charge in [0.15, 0.2) is 0 Å². The largest absolute Gasteiger partial charge is 0.406 e. The monoisotopic (exact) mass is 256 g/mol. The fourth-order valence-electron chi connectivity index (χ4n) is 1.32. The Kier molecular flexibility index (Phi) is 5.18. The Bertz CT molecular complexity index is 278. The Morgan fingerprint density at radius 2 is 1.88 bits per heavy atom. The highest BCUT2D eigenvalue weighted by Gasteiger charge is 2.35. The number of thiocarbonyl (C=S) groups is 1. The number of rotatable bonds is 4. The van der Waals surface area contributed by atoms with Crippen LogP contribution in [-0.2, 0) is 4.79 Å². The molecular formula is C9H15F3N2OS. The van der Waals surface area contributed by atoms with Gasteiger partial charge in [0, 0.05) is 7.05 Å². The van der Waals surface area contributed by atoms with Crippen molar-refractivity contribution in [3.63, 3.8) is 0 Å². The van der Waals surface area contributed by atoms with E-state index in [1.54, 1.807) is 13.8 Å². The molecule has 0 fully saturated rings. The van der Waals surface area contributed by atoms with Gasteiger partial charge in [-0.2, -0.15) is 13.2 Å². The van der Waals surface area contributed by atoms with Gasteiger partial charge in [0.2, 0.25) is 5.91 Å². The van der Waals surface area contributed by atoms with Crippen molar-refractivity contribution in [2.24, 2.45) is 17.6 Å². The van der Waals surface area contributed by atoms with Crippen molar-refractivity contribution in [1.29, 1.82) is 0 Å². The van der Waals surface area contributed by atoms with E-state index >= 15 is 0 Å².